The van der Waals surface area contributed by atoms with Gasteiger partial charge in [0.25, 0.3) is 0 Å². The fraction of sp³-hybridized carbons (Fsp3) is 0.667. The third-order valence-electron chi connectivity index (χ3n) is 4.77. The molecule has 0 aliphatic heterocycles. The van der Waals surface area contributed by atoms with Gasteiger partial charge in [0, 0.05) is 6.04 Å². The molecule has 1 aromatic rings. The molecule has 1 aliphatic carbocycles. The molecule has 0 spiro atoms. The van der Waals surface area contributed by atoms with E-state index in [1.165, 1.54) is 19.3 Å². The quantitative estimate of drug-likeness (QED) is 0.792. The summed E-state index contributed by atoms with van der Waals surface area (Å²) in [5.74, 6) is 0. The van der Waals surface area contributed by atoms with Gasteiger partial charge in [-0.2, -0.15) is 0 Å². The second kappa shape index (κ2) is 5.66. The molecule has 1 aromatic carbocycles. The summed E-state index contributed by atoms with van der Waals surface area (Å²) in [6, 6.07) is 5.49. The van der Waals surface area contributed by atoms with Gasteiger partial charge in [0.1, 0.15) is 0 Å². The smallest absolute Gasteiger partial charge is 0.0325 e. The van der Waals surface area contributed by atoms with Crippen molar-refractivity contribution < 1.29 is 0 Å². The van der Waals surface area contributed by atoms with Gasteiger partial charge in [0.15, 0.2) is 0 Å². The lowest BCUT2D eigenvalue weighted by molar-refractivity contribution is 0.279. The molecule has 1 N–H and O–H groups in total. The number of nitrogens with one attached hydrogen (secondary N) is 1. The Hall–Kier alpha value is -0.820. The molecule has 1 atom stereocenters. The average molecular weight is 259 g/mol. The minimum absolute atomic E-state index is 0.436. The largest absolute Gasteiger partial charge is 0.313 e. The lowest BCUT2D eigenvalue weighted by Gasteiger charge is -2.27. The lowest BCUT2D eigenvalue weighted by atomic mass is 9.83. The van der Waals surface area contributed by atoms with Gasteiger partial charge in [0.05, 0.1) is 0 Å². The molecular formula is C18H29N. The van der Waals surface area contributed by atoms with Crippen LogP contribution < -0.4 is 5.32 Å². The normalized spacial score (nSPS) is 21.8. The lowest BCUT2D eigenvalue weighted by Crippen LogP contribution is -2.22. The van der Waals surface area contributed by atoms with E-state index in [4.69, 9.17) is 0 Å². The third-order valence-corrected chi connectivity index (χ3v) is 4.77. The molecule has 1 heteroatoms. The fourth-order valence-electron chi connectivity index (χ4n) is 3.45. The van der Waals surface area contributed by atoms with Gasteiger partial charge in [-0.15, -0.1) is 0 Å². The molecular weight excluding hydrogens is 230 g/mol. The Bertz CT molecular complexity index is 445. The Labute approximate surface area is 118 Å². The molecule has 0 radical (unpaired) electrons. The maximum absolute atomic E-state index is 3.54. The van der Waals surface area contributed by atoms with E-state index in [0.29, 0.717) is 11.5 Å². The molecule has 0 fully saturated rings. The molecule has 19 heavy (non-hydrogen) atoms. The van der Waals surface area contributed by atoms with Crippen molar-refractivity contribution in [2.75, 3.05) is 7.05 Å². The van der Waals surface area contributed by atoms with Crippen LogP contribution in [0.5, 0.6) is 0 Å². The highest BCUT2D eigenvalue weighted by molar-refractivity contribution is 5.41. The first-order valence-electron chi connectivity index (χ1n) is 7.82. The van der Waals surface area contributed by atoms with Crippen molar-refractivity contribution in [3.8, 4) is 0 Å². The van der Waals surface area contributed by atoms with Crippen molar-refractivity contribution in [2.24, 2.45) is 5.41 Å². The predicted molar refractivity (Wildman–Crippen MR) is 83.7 cm³/mol. The van der Waals surface area contributed by atoms with Crippen LogP contribution in [0.4, 0.5) is 0 Å². The monoisotopic (exact) mass is 259 g/mol. The van der Waals surface area contributed by atoms with Crippen LogP contribution in [0, 0.1) is 5.41 Å². The highest BCUT2D eigenvalue weighted by Crippen LogP contribution is 2.40. The molecule has 0 aromatic heterocycles. The summed E-state index contributed by atoms with van der Waals surface area (Å²) < 4.78 is 0. The summed E-state index contributed by atoms with van der Waals surface area (Å²) in [7, 11) is 2.11. The molecule has 1 aliphatic rings. The zero-order valence-corrected chi connectivity index (χ0v) is 13.3. The van der Waals surface area contributed by atoms with E-state index in [1.807, 2.05) is 0 Å². The second-order valence-corrected chi connectivity index (χ2v) is 6.74. The van der Waals surface area contributed by atoms with E-state index in [9.17, 15) is 0 Å². The van der Waals surface area contributed by atoms with E-state index < -0.39 is 0 Å². The van der Waals surface area contributed by atoms with Crippen molar-refractivity contribution in [2.45, 2.75) is 65.8 Å². The minimum Gasteiger partial charge on any atom is -0.313 e. The van der Waals surface area contributed by atoms with Crippen LogP contribution in [0.1, 0.15) is 68.8 Å². The van der Waals surface area contributed by atoms with Crippen LogP contribution >= 0.6 is 0 Å². The molecule has 1 nitrogen and oxygen atoms in total. The summed E-state index contributed by atoms with van der Waals surface area (Å²) in [5, 5.41) is 3.54. The minimum atomic E-state index is 0.436. The van der Waals surface area contributed by atoms with Gasteiger partial charge >= 0.3 is 0 Å². The van der Waals surface area contributed by atoms with Gasteiger partial charge in [-0.1, -0.05) is 39.8 Å². The topological polar surface area (TPSA) is 12.0 Å². The standard InChI is InChI=1S/C18H29N/c1-6-13-10-15-8-9-18(3,4)12-17(19-5)16(15)11-14(13)7-2/h10-11,17,19H,6-9,12H2,1-5H3. The Balaban J connectivity index is 2.48. The molecule has 0 saturated heterocycles. The molecule has 2 rings (SSSR count). The Morgan fingerprint density at radius 2 is 1.79 bits per heavy atom. The van der Waals surface area contributed by atoms with Crippen LogP contribution in [0.15, 0.2) is 12.1 Å². The third kappa shape index (κ3) is 3.02. The summed E-state index contributed by atoms with van der Waals surface area (Å²) in [5.41, 5.74) is 6.67. The van der Waals surface area contributed by atoms with Gasteiger partial charge in [-0.05, 0) is 66.8 Å². The van der Waals surface area contributed by atoms with Crippen molar-refractivity contribution in [3.05, 3.63) is 34.4 Å². The number of aryl methyl sites for hydroxylation is 3. The number of rotatable bonds is 3. The zero-order valence-electron chi connectivity index (χ0n) is 13.3. The second-order valence-electron chi connectivity index (χ2n) is 6.74. The summed E-state index contributed by atoms with van der Waals surface area (Å²) in [6.07, 6.45) is 6.08. The number of hydrogen-bond acceptors (Lipinski definition) is 1. The van der Waals surface area contributed by atoms with Crippen LogP contribution in [0.3, 0.4) is 0 Å². The number of benzene rings is 1. The van der Waals surface area contributed by atoms with Crippen molar-refractivity contribution in [1.82, 2.24) is 5.32 Å². The highest BCUT2D eigenvalue weighted by Gasteiger charge is 2.29. The van der Waals surface area contributed by atoms with Gasteiger partial charge < -0.3 is 5.32 Å². The van der Waals surface area contributed by atoms with E-state index >= 15 is 0 Å². The Kier molecular flexibility index (Phi) is 4.35. The molecule has 0 heterocycles. The van der Waals surface area contributed by atoms with Crippen LogP contribution in [0.25, 0.3) is 0 Å². The first kappa shape index (κ1) is 14.6. The molecule has 0 amide bonds. The van der Waals surface area contributed by atoms with Crippen LogP contribution in [-0.2, 0) is 19.3 Å². The number of hydrogen-bond donors (Lipinski definition) is 1. The molecule has 1 unspecified atom stereocenters. The van der Waals surface area contributed by atoms with Gasteiger partial charge in [0.2, 0.25) is 0 Å². The highest BCUT2D eigenvalue weighted by atomic mass is 14.9. The Morgan fingerprint density at radius 3 is 2.37 bits per heavy atom. The number of fused-ring (bicyclic) bond motifs is 1. The summed E-state index contributed by atoms with van der Waals surface area (Å²) in [4.78, 5) is 0. The fourth-order valence-corrected chi connectivity index (χ4v) is 3.45. The average Bonchev–Trinajstić information content (AvgIpc) is 2.53. The van der Waals surface area contributed by atoms with Crippen molar-refractivity contribution >= 4 is 0 Å². The maximum Gasteiger partial charge on any atom is 0.0325 e. The van der Waals surface area contributed by atoms with Gasteiger partial charge in [-0.3, -0.25) is 0 Å². The van der Waals surface area contributed by atoms with E-state index in [-0.39, 0.29) is 0 Å². The molecule has 106 valence electrons. The molecule has 0 bridgehead atoms. The van der Waals surface area contributed by atoms with E-state index in [1.54, 1.807) is 22.3 Å². The predicted octanol–water partition coefficient (Wildman–Crippen LogP) is 4.43. The van der Waals surface area contributed by atoms with E-state index in [2.05, 4.69) is 52.2 Å². The van der Waals surface area contributed by atoms with Crippen LogP contribution in [0.2, 0.25) is 0 Å². The van der Waals surface area contributed by atoms with Gasteiger partial charge in [-0.25, -0.2) is 0 Å². The van der Waals surface area contributed by atoms with Crippen LogP contribution in [-0.4, -0.2) is 7.05 Å². The van der Waals surface area contributed by atoms with Crippen molar-refractivity contribution in [1.29, 1.82) is 0 Å². The van der Waals surface area contributed by atoms with E-state index in [0.717, 1.165) is 12.8 Å². The molecule has 0 saturated carbocycles. The Morgan fingerprint density at radius 1 is 1.16 bits per heavy atom. The summed E-state index contributed by atoms with van der Waals surface area (Å²) >= 11 is 0. The first-order chi connectivity index (χ1) is 9.00. The maximum atomic E-state index is 3.54. The van der Waals surface area contributed by atoms with Crippen molar-refractivity contribution in [3.63, 3.8) is 0 Å². The SMILES string of the molecule is CCc1cc2c(cc1CC)C(NC)CC(C)(C)CC2. The first-order valence-corrected chi connectivity index (χ1v) is 7.82. The zero-order chi connectivity index (χ0) is 14.0. The summed E-state index contributed by atoms with van der Waals surface area (Å²) in [6.45, 7) is 9.36.